The van der Waals surface area contributed by atoms with Gasteiger partial charge in [0.1, 0.15) is 11.4 Å². The maximum atomic E-state index is 13.5. The molecule has 1 N–H and O–H groups in total. The van der Waals surface area contributed by atoms with E-state index in [1.54, 1.807) is 18.2 Å². The number of aryl methyl sites for hydroxylation is 1. The van der Waals surface area contributed by atoms with Crippen LogP contribution in [-0.4, -0.2) is 18.4 Å². The molecule has 0 radical (unpaired) electrons. The van der Waals surface area contributed by atoms with E-state index in [0.717, 1.165) is 12.1 Å². The Morgan fingerprint density at radius 2 is 1.48 bits per heavy atom. The van der Waals surface area contributed by atoms with Gasteiger partial charge in [-0.15, -0.1) is 0 Å². The van der Waals surface area contributed by atoms with Crippen molar-refractivity contribution in [2.45, 2.75) is 20.3 Å². The first-order valence-electron chi connectivity index (χ1n) is 10.4. The first-order chi connectivity index (χ1) is 15.1. The molecule has 0 unspecified atom stereocenters. The van der Waals surface area contributed by atoms with E-state index in [2.05, 4.69) is 12.2 Å². The minimum atomic E-state index is -0.407. The Hall–Kier alpha value is -3.86. The monoisotopic (exact) mass is 412 g/mol. The van der Waals surface area contributed by atoms with Gasteiger partial charge in [0, 0.05) is 5.69 Å². The molecule has 1 aliphatic rings. The Kier molecular flexibility index (Phi) is 5.85. The van der Waals surface area contributed by atoms with Crippen molar-refractivity contribution in [3.05, 3.63) is 95.7 Å². The fourth-order valence-corrected chi connectivity index (χ4v) is 3.62. The van der Waals surface area contributed by atoms with Gasteiger partial charge in [0.05, 0.1) is 17.9 Å². The molecule has 3 aromatic rings. The van der Waals surface area contributed by atoms with Crippen molar-refractivity contribution in [2.24, 2.45) is 0 Å². The number of carbonyl (C=O) groups excluding carboxylic acids is 2. The van der Waals surface area contributed by atoms with Gasteiger partial charge in [0.15, 0.2) is 0 Å². The molecule has 1 heterocycles. The van der Waals surface area contributed by atoms with Crippen LogP contribution in [0.1, 0.15) is 25.0 Å². The molecule has 156 valence electrons. The van der Waals surface area contributed by atoms with Gasteiger partial charge >= 0.3 is 0 Å². The maximum Gasteiger partial charge on any atom is 0.282 e. The van der Waals surface area contributed by atoms with E-state index in [-0.39, 0.29) is 11.6 Å². The van der Waals surface area contributed by atoms with E-state index in [1.165, 1.54) is 10.5 Å². The summed E-state index contributed by atoms with van der Waals surface area (Å²) in [7, 11) is 0. The number of amides is 2. The Labute approximate surface area is 182 Å². The van der Waals surface area contributed by atoms with Crippen molar-refractivity contribution in [3.8, 4) is 5.75 Å². The standard InChI is InChI=1S/C26H24N2O3/c1-3-18-14-16-20(17-15-18)27-24-23(19-10-6-5-7-11-19)25(29)28(26(24)30)21-12-8-9-13-22(21)31-4-2/h5-17,27H,3-4H2,1-2H3. The molecule has 5 nitrogen and oxygen atoms in total. The predicted molar refractivity (Wildman–Crippen MR) is 123 cm³/mol. The van der Waals surface area contributed by atoms with E-state index < -0.39 is 5.91 Å². The van der Waals surface area contributed by atoms with Crippen molar-refractivity contribution in [1.29, 1.82) is 0 Å². The van der Waals surface area contributed by atoms with Gasteiger partial charge in [-0.3, -0.25) is 9.59 Å². The van der Waals surface area contributed by atoms with Gasteiger partial charge in [-0.25, -0.2) is 4.90 Å². The second-order valence-corrected chi connectivity index (χ2v) is 7.14. The van der Waals surface area contributed by atoms with E-state index in [4.69, 9.17) is 4.74 Å². The number of nitrogens with one attached hydrogen (secondary N) is 1. The second-order valence-electron chi connectivity index (χ2n) is 7.14. The average molecular weight is 412 g/mol. The molecule has 0 atom stereocenters. The molecule has 2 amide bonds. The molecule has 0 bridgehead atoms. The van der Waals surface area contributed by atoms with E-state index in [1.807, 2.05) is 67.6 Å². The number of para-hydroxylation sites is 2. The minimum Gasteiger partial charge on any atom is -0.492 e. The lowest BCUT2D eigenvalue weighted by atomic mass is 10.0. The van der Waals surface area contributed by atoms with Crippen LogP contribution in [0.5, 0.6) is 5.75 Å². The Bertz CT molecular complexity index is 1130. The topological polar surface area (TPSA) is 58.6 Å². The SMILES string of the molecule is CCOc1ccccc1N1C(=O)C(Nc2ccc(CC)cc2)=C(c2ccccc2)C1=O. The van der Waals surface area contributed by atoms with Crippen LogP contribution in [0.15, 0.2) is 84.6 Å². The smallest absolute Gasteiger partial charge is 0.282 e. The molecule has 0 fully saturated rings. The average Bonchev–Trinajstić information content (AvgIpc) is 3.05. The highest BCUT2D eigenvalue weighted by molar-refractivity contribution is 6.46. The number of imide groups is 1. The zero-order valence-electron chi connectivity index (χ0n) is 17.6. The van der Waals surface area contributed by atoms with Crippen molar-refractivity contribution in [3.63, 3.8) is 0 Å². The van der Waals surface area contributed by atoms with Crippen LogP contribution < -0.4 is 15.0 Å². The number of carbonyl (C=O) groups is 2. The Morgan fingerprint density at radius 3 is 2.16 bits per heavy atom. The van der Waals surface area contributed by atoms with Gasteiger partial charge in [-0.05, 0) is 48.7 Å². The Balaban J connectivity index is 1.79. The van der Waals surface area contributed by atoms with Crippen molar-refractivity contribution < 1.29 is 14.3 Å². The summed E-state index contributed by atoms with van der Waals surface area (Å²) in [6.45, 7) is 4.39. The lowest BCUT2D eigenvalue weighted by Gasteiger charge is -2.19. The highest BCUT2D eigenvalue weighted by Crippen LogP contribution is 2.37. The first kappa shape index (κ1) is 20.4. The second kappa shape index (κ2) is 8.88. The summed E-state index contributed by atoms with van der Waals surface area (Å²) in [5.41, 5.74) is 3.67. The molecule has 3 aromatic carbocycles. The number of ether oxygens (including phenoxy) is 1. The number of hydrogen-bond donors (Lipinski definition) is 1. The molecule has 0 saturated carbocycles. The quantitative estimate of drug-likeness (QED) is 0.552. The number of anilines is 2. The molecule has 0 saturated heterocycles. The summed E-state index contributed by atoms with van der Waals surface area (Å²) in [6, 6.07) is 24.2. The first-order valence-corrected chi connectivity index (χ1v) is 10.4. The number of hydrogen-bond acceptors (Lipinski definition) is 4. The summed E-state index contributed by atoms with van der Waals surface area (Å²) < 4.78 is 5.68. The maximum absolute atomic E-state index is 13.5. The highest BCUT2D eigenvalue weighted by atomic mass is 16.5. The normalized spacial score (nSPS) is 13.7. The van der Waals surface area contributed by atoms with Crippen molar-refractivity contribution in [2.75, 3.05) is 16.8 Å². The zero-order valence-corrected chi connectivity index (χ0v) is 17.6. The van der Waals surface area contributed by atoms with Gasteiger partial charge in [-0.1, -0.05) is 61.5 Å². The van der Waals surface area contributed by atoms with E-state index in [0.29, 0.717) is 29.2 Å². The van der Waals surface area contributed by atoms with Crippen LogP contribution in [0.3, 0.4) is 0 Å². The highest BCUT2D eigenvalue weighted by Gasteiger charge is 2.41. The third kappa shape index (κ3) is 3.94. The summed E-state index contributed by atoms with van der Waals surface area (Å²) in [5, 5.41) is 3.20. The van der Waals surface area contributed by atoms with Crippen molar-refractivity contribution >= 4 is 28.8 Å². The summed E-state index contributed by atoms with van der Waals surface area (Å²) >= 11 is 0. The molecule has 0 aromatic heterocycles. The number of benzene rings is 3. The molecule has 5 heteroatoms. The lowest BCUT2D eigenvalue weighted by Crippen LogP contribution is -2.32. The lowest BCUT2D eigenvalue weighted by molar-refractivity contribution is -0.120. The molecule has 4 rings (SSSR count). The fourth-order valence-electron chi connectivity index (χ4n) is 3.62. The van der Waals surface area contributed by atoms with Gasteiger partial charge in [0.25, 0.3) is 11.8 Å². The molecule has 1 aliphatic heterocycles. The molecular weight excluding hydrogens is 388 g/mol. The van der Waals surface area contributed by atoms with Crippen LogP contribution in [0.25, 0.3) is 5.57 Å². The van der Waals surface area contributed by atoms with Gasteiger partial charge in [0.2, 0.25) is 0 Å². The van der Waals surface area contributed by atoms with Crippen LogP contribution in [0, 0.1) is 0 Å². The molecule has 0 spiro atoms. The molecular formula is C26H24N2O3. The number of nitrogens with zero attached hydrogens (tertiary/aromatic N) is 1. The van der Waals surface area contributed by atoms with Gasteiger partial charge < -0.3 is 10.1 Å². The third-order valence-electron chi connectivity index (χ3n) is 5.18. The summed E-state index contributed by atoms with van der Waals surface area (Å²) in [4.78, 5) is 28.2. The zero-order chi connectivity index (χ0) is 21.8. The van der Waals surface area contributed by atoms with Crippen LogP contribution in [0.4, 0.5) is 11.4 Å². The minimum absolute atomic E-state index is 0.256. The molecule has 0 aliphatic carbocycles. The van der Waals surface area contributed by atoms with E-state index in [9.17, 15) is 9.59 Å². The van der Waals surface area contributed by atoms with Crippen LogP contribution >= 0.6 is 0 Å². The van der Waals surface area contributed by atoms with Gasteiger partial charge in [-0.2, -0.15) is 0 Å². The third-order valence-corrected chi connectivity index (χ3v) is 5.18. The summed E-state index contributed by atoms with van der Waals surface area (Å²) in [5.74, 6) is -0.292. The van der Waals surface area contributed by atoms with Crippen molar-refractivity contribution in [1.82, 2.24) is 0 Å². The van der Waals surface area contributed by atoms with Crippen LogP contribution in [0.2, 0.25) is 0 Å². The predicted octanol–water partition coefficient (Wildman–Crippen LogP) is 5.04. The largest absolute Gasteiger partial charge is 0.492 e. The molecule has 31 heavy (non-hydrogen) atoms. The number of rotatable bonds is 7. The summed E-state index contributed by atoms with van der Waals surface area (Å²) in [6.07, 6.45) is 0.928. The Morgan fingerprint density at radius 1 is 0.806 bits per heavy atom. The van der Waals surface area contributed by atoms with E-state index >= 15 is 0 Å². The van der Waals surface area contributed by atoms with Crippen LogP contribution in [-0.2, 0) is 16.0 Å². The fraction of sp³-hybridized carbons (Fsp3) is 0.154.